The lowest BCUT2D eigenvalue weighted by Crippen LogP contribution is -2.47. The molecule has 0 atom stereocenters. The smallest absolute Gasteiger partial charge is 0.258 e. The van der Waals surface area contributed by atoms with Gasteiger partial charge in [-0.1, -0.05) is 84.5 Å². The van der Waals surface area contributed by atoms with E-state index in [1.807, 2.05) is 18.2 Å². The first kappa shape index (κ1) is 21.7. The maximum Gasteiger partial charge on any atom is 0.258 e. The van der Waals surface area contributed by atoms with E-state index in [9.17, 15) is 0 Å². The van der Waals surface area contributed by atoms with E-state index in [1.54, 1.807) is 0 Å². The minimum absolute atomic E-state index is 0.548. The van der Waals surface area contributed by atoms with Crippen LogP contribution in [0.15, 0.2) is 54.3 Å². The van der Waals surface area contributed by atoms with E-state index < -0.39 is 8.32 Å². The van der Waals surface area contributed by atoms with Gasteiger partial charge in [0.2, 0.25) is 0 Å². The van der Waals surface area contributed by atoms with Crippen LogP contribution in [0, 0.1) is 0 Å². The molecule has 1 rings (SSSR count). The molecule has 0 spiro atoms. The van der Waals surface area contributed by atoms with Gasteiger partial charge in [0.1, 0.15) is 0 Å². The third-order valence-corrected chi connectivity index (χ3v) is 11.1. The largest absolute Gasteiger partial charge is 0.543 e. The summed E-state index contributed by atoms with van der Waals surface area (Å²) in [6.07, 6.45) is 2.07. The number of hydrogen-bond acceptors (Lipinski definition) is 2. The fourth-order valence-corrected chi connectivity index (χ4v) is 8.99. The summed E-state index contributed by atoms with van der Waals surface area (Å²) in [5.74, 6) is 0.811. The van der Waals surface area contributed by atoms with Crippen molar-refractivity contribution < 1.29 is 9.16 Å². The molecule has 140 valence electrons. The predicted octanol–water partition coefficient (Wildman–Crippen LogP) is 6.86. The number of allylic oxidation sites excluding steroid dienone is 1. The van der Waals surface area contributed by atoms with E-state index in [-0.39, 0.29) is 0 Å². The Morgan fingerprint density at radius 2 is 1.52 bits per heavy atom. The highest BCUT2D eigenvalue weighted by Gasteiger charge is 2.47. The summed E-state index contributed by atoms with van der Waals surface area (Å²) in [5, 5.41) is 0. The summed E-state index contributed by atoms with van der Waals surface area (Å²) < 4.78 is 12.4. The van der Waals surface area contributed by atoms with Crippen LogP contribution in [0.1, 0.15) is 54.0 Å². The van der Waals surface area contributed by atoms with Gasteiger partial charge < -0.3 is 9.16 Å². The number of ether oxygens (including phenoxy) is 1. The summed E-state index contributed by atoms with van der Waals surface area (Å²) in [6, 6.07) is 10.2. The molecule has 0 radical (unpaired) electrons. The van der Waals surface area contributed by atoms with Crippen LogP contribution in [0.2, 0.25) is 16.6 Å². The minimum Gasteiger partial charge on any atom is -0.543 e. The SMILES string of the molecule is C=C(O[Si](C(C)C)(C(C)C)C(C)C)C(C)=CCOCc1ccccc1. The van der Waals surface area contributed by atoms with Gasteiger partial charge in [0.05, 0.1) is 19.0 Å². The first-order valence-corrected chi connectivity index (χ1v) is 11.5. The van der Waals surface area contributed by atoms with Crippen molar-refractivity contribution in [2.24, 2.45) is 0 Å². The first-order valence-electron chi connectivity index (χ1n) is 9.38. The molecule has 2 nitrogen and oxygen atoms in total. The van der Waals surface area contributed by atoms with Crippen LogP contribution >= 0.6 is 0 Å². The third kappa shape index (κ3) is 5.86. The maximum atomic E-state index is 6.62. The lowest BCUT2D eigenvalue weighted by molar-refractivity contribution is 0.148. The number of hydrogen-bond donors (Lipinski definition) is 0. The Kier molecular flexibility index (Phi) is 8.67. The molecule has 0 aliphatic rings. The molecule has 25 heavy (non-hydrogen) atoms. The van der Waals surface area contributed by atoms with E-state index in [0.717, 1.165) is 11.3 Å². The van der Waals surface area contributed by atoms with Crippen LogP contribution in [0.25, 0.3) is 0 Å². The molecule has 0 heterocycles. The lowest BCUT2D eigenvalue weighted by Gasteiger charge is -2.42. The van der Waals surface area contributed by atoms with Crippen LogP contribution in [0.5, 0.6) is 0 Å². The fourth-order valence-electron chi connectivity index (χ4n) is 3.70. The minimum atomic E-state index is -1.93. The molecule has 0 N–H and O–H groups in total. The third-order valence-electron chi connectivity index (χ3n) is 5.07. The highest BCUT2D eigenvalue weighted by atomic mass is 28.4. The van der Waals surface area contributed by atoms with Gasteiger partial charge in [-0.05, 0) is 34.7 Å². The van der Waals surface area contributed by atoms with Gasteiger partial charge in [-0.3, -0.25) is 0 Å². The molecule has 0 saturated heterocycles. The van der Waals surface area contributed by atoms with E-state index >= 15 is 0 Å². The zero-order chi connectivity index (χ0) is 19.0. The van der Waals surface area contributed by atoms with E-state index in [4.69, 9.17) is 9.16 Å². The summed E-state index contributed by atoms with van der Waals surface area (Å²) in [4.78, 5) is 0. The standard InChI is InChI=1S/C22H36O2Si/c1-17(2)25(18(3)4,19(5)6)24-21(8)20(7)14-15-23-16-22-12-10-9-11-13-22/h9-14,17-19H,8,15-16H2,1-7H3. The average molecular weight is 361 g/mol. The summed E-state index contributed by atoms with van der Waals surface area (Å²) in [7, 11) is -1.93. The molecule has 0 saturated carbocycles. The van der Waals surface area contributed by atoms with Gasteiger partial charge in [0.15, 0.2) is 0 Å². The quantitative estimate of drug-likeness (QED) is 0.196. The number of benzene rings is 1. The second kappa shape index (κ2) is 9.98. The zero-order valence-corrected chi connectivity index (χ0v) is 18.1. The zero-order valence-electron chi connectivity index (χ0n) is 17.1. The van der Waals surface area contributed by atoms with Crippen molar-refractivity contribution in [3.8, 4) is 0 Å². The van der Waals surface area contributed by atoms with Gasteiger partial charge in [-0.2, -0.15) is 0 Å². The van der Waals surface area contributed by atoms with Crippen molar-refractivity contribution in [2.75, 3.05) is 6.61 Å². The molecule has 0 aliphatic heterocycles. The summed E-state index contributed by atoms with van der Waals surface area (Å²) in [6.45, 7) is 21.2. The predicted molar refractivity (Wildman–Crippen MR) is 111 cm³/mol. The van der Waals surface area contributed by atoms with Crippen LogP contribution in [-0.2, 0) is 15.8 Å². The summed E-state index contributed by atoms with van der Waals surface area (Å²) in [5.41, 5.74) is 3.91. The Labute approximate surface area is 156 Å². The Morgan fingerprint density at radius 3 is 2.00 bits per heavy atom. The van der Waals surface area contributed by atoms with Crippen molar-refractivity contribution in [1.29, 1.82) is 0 Å². The van der Waals surface area contributed by atoms with Gasteiger partial charge in [0, 0.05) is 0 Å². The highest BCUT2D eigenvalue weighted by molar-refractivity contribution is 6.77. The molecule has 0 aromatic heterocycles. The van der Waals surface area contributed by atoms with Crippen molar-refractivity contribution in [3.63, 3.8) is 0 Å². The second-order valence-corrected chi connectivity index (χ2v) is 13.1. The van der Waals surface area contributed by atoms with Gasteiger partial charge in [-0.15, -0.1) is 0 Å². The molecule has 3 heteroatoms. The Hall–Kier alpha value is -1.32. The topological polar surface area (TPSA) is 18.5 Å². The Balaban J connectivity index is 2.67. The van der Waals surface area contributed by atoms with Gasteiger partial charge in [-0.25, -0.2) is 0 Å². The molecule has 0 amide bonds. The molecule has 0 aliphatic carbocycles. The van der Waals surface area contributed by atoms with Crippen LogP contribution in [0.4, 0.5) is 0 Å². The van der Waals surface area contributed by atoms with Crippen LogP contribution in [-0.4, -0.2) is 14.9 Å². The number of rotatable bonds is 10. The molecule has 1 aromatic carbocycles. The van der Waals surface area contributed by atoms with E-state index in [0.29, 0.717) is 29.8 Å². The normalized spacial score (nSPS) is 13.0. The molecular formula is C22H36O2Si. The molecule has 0 unspecified atom stereocenters. The van der Waals surface area contributed by atoms with Crippen LogP contribution in [0.3, 0.4) is 0 Å². The Morgan fingerprint density at radius 1 is 1.00 bits per heavy atom. The molecule has 1 aromatic rings. The Bertz CT molecular complexity index is 537. The molecule has 0 bridgehead atoms. The van der Waals surface area contributed by atoms with Gasteiger partial charge in [0.25, 0.3) is 8.32 Å². The monoisotopic (exact) mass is 360 g/mol. The van der Waals surface area contributed by atoms with Crippen molar-refractivity contribution in [1.82, 2.24) is 0 Å². The maximum absolute atomic E-state index is 6.62. The van der Waals surface area contributed by atoms with Crippen LogP contribution < -0.4 is 0 Å². The van der Waals surface area contributed by atoms with Gasteiger partial charge >= 0.3 is 0 Å². The lowest BCUT2D eigenvalue weighted by atomic mass is 10.2. The van der Waals surface area contributed by atoms with E-state index in [1.165, 1.54) is 5.56 Å². The first-order chi connectivity index (χ1) is 11.7. The summed E-state index contributed by atoms with van der Waals surface area (Å²) >= 11 is 0. The van der Waals surface area contributed by atoms with Crippen molar-refractivity contribution in [3.05, 3.63) is 59.9 Å². The fraction of sp³-hybridized carbons (Fsp3) is 0.545. The second-order valence-electron chi connectivity index (χ2n) is 7.73. The molecule has 0 fully saturated rings. The average Bonchev–Trinajstić information content (AvgIpc) is 2.56. The van der Waals surface area contributed by atoms with Crippen molar-refractivity contribution in [2.45, 2.75) is 71.7 Å². The molecular weight excluding hydrogens is 324 g/mol. The van der Waals surface area contributed by atoms with Crippen molar-refractivity contribution >= 4 is 8.32 Å². The highest BCUT2D eigenvalue weighted by Crippen LogP contribution is 2.44. The van der Waals surface area contributed by atoms with E-state index in [2.05, 4.69) is 73.3 Å².